The van der Waals surface area contributed by atoms with Gasteiger partial charge >= 0.3 is 0 Å². The predicted octanol–water partition coefficient (Wildman–Crippen LogP) is 6.97. The second-order valence-electron chi connectivity index (χ2n) is 7.87. The first kappa shape index (κ1) is 28.0. The lowest BCUT2D eigenvalue weighted by Crippen LogP contribution is -2.15. The van der Waals surface area contributed by atoms with E-state index in [9.17, 15) is 9.59 Å². The number of pyridine rings is 2. The molecule has 0 unspecified atom stereocenters. The predicted molar refractivity (Wildman–Crippen MR) is 157 cm³/mol. The number of rotatable bonds is 2. The molecule has 0 aliphatic carbocycles. The first-order valence-electron chi connectivity index (χ1n) is 11.9. The normalized spacial score (nSPS) is 9.94. The van der Waals surface area contributed by atoms with Crippen molar-refractivity contribution in [3.8, 4) is 24.7 Å². The number of para-hydroxylation sites is 2. The van der Waals surface area contributed by atoms with Crippen LogP contribution in [0.5, 0.6) is 0 Å². The van der Waals surface area contributed by atoms with E-state index in [-0.39, 0.29) is 31.4 Å². The molecule has 0 saturated carbocycles. The zero-order valence-electron chi connectivity index (χ0n) is 20.8. The van der Waals surface area contributed by atoms with Gasteiger partial charge in [0.1, 0.15) is 0 Å². The first-order valence-corrected chi connectivity index (χ1v) is 11.9. The Bertz CT molecular complexity index is 1600. The Kier molecular flexibility index (Phi) is 9.66. The molecule has 3 aromatic carbocycles. The SMILES string of the molecule is C.C#CCn1c2ccccc2c(=O)c2cc3c(cc21)c(=O)c1ccccc1n3CC#C.CC.CCC. The Morgan fingerprint density at radius 3 is 1.31 bits per heavy atom. The molecule has 0 aliphatic rings. The van der Waals surface area contributed by atoms with Crippen LogP contribution in [0.4, 0.5) is 0 Å². The van der Waals surface area contributed by atoms with Gasteiger partial charge in [-0.05, 0) is 36.4 Å². The summed E-state index contributed by atoms with van der Waals surface area (Å²) in [6.07, 6.45) is 12.5. The second kappa shape index (κ2) is 12.4. The van der Waals surface area contributed by atoms with Crippen LogP contribution in [0.2, 0.25) is 0 Å². The van der Waals surface area contributed by atoms with Gasteiger partial charge in [0.15, 0.2) is 10.9 Å². The molecule has 0 spiro atoms. The van der Waals surface area contributed by atoms with E-state index in [0.29, 0.717) is 32.6 Å². The van der Waals surface area contributed by atoms with Crippen molar-refractivity contribution >= 4 is 43.6 Å². The molecule has 36 heavy (non-hydrogen) atoms. The number of aromatic nitrogens is 2. The summed E-state index contributed by atoms with van der Waals surface area (Å²) in [5.41, 5.74) is 2.59. The molecule has 184 valence electrons. The Morgan fingerprint density at radius 1 is 0.639 bits per heavy atom. The minimum atomic E-state index is -0.0939. The van der Waals surface area contributed by atoms with E-state index in [1.165, 1.54) is 6.42 Å². The smallest absolute Gasteiger partial charge is 0.197 e. The molecule has 4 heteroatoms. The molecule has 0 N–H and O–H groups in total. The summed E-state index contributed by atoms with van der Waals surface area (Å²) in [6.45, 7) is 8.82. The Balaban J connectivity index is 0.000000710. The summed E-state index contributed by atoms with van der Waals surface area (Å²) >= 11 is 0. The van der Waals surface area contributed by atoms with Gasteiger partial charge in [-0.1, -0.05) is 77.6 Å². The van der Waals surface area contributed by atoms with E-state index >= 15 is 0 Å². The summed E-state index contributed by atoms with van der Waals surface area (Å²) < 4.78 is 3.82. The Labute approximate surface area is 213 Å². The van der Waals surface area contributed by atoms with Crippen molar-refractivity contribution in [1.82, 2.24) is 9.13 Å². The maximum atomic E-state index is 13.3. The van der Waals surface area contributed by atoms with Crippen LogP contribution in [0.1, 0.15) is 41.5 Å². The van der Waals surface area contributed by atoms with Crippen LogP contribution in [0.25, 0.3) is 43.6 Å². The van der Waals surface area contributed by atoms with Gasteiger partial charge < -0.3 is 9.13 Å². The molecule has 5 aromatic rings. The molecule has 2 aromatic heterocycles. The fourth-order valence-corrected chi connectivity index (χ4v) is 4.26. The molecular weight excluding hydrogens is 444 g/mol. The van der Waals surface area contributed by atoms with Gasteiger partial charge in [0.2, 0.25) is 0 Å². The molecule has 0 amide bonds. The van der Waals surface area contributed by atoms with Gasteiger partial charge in [-0.25, -0.2) is 0 Å². The second-order valence-corrected chi connectivity index (χ2v) is 7.87. The number of hydrogen-bond donors (Lipinski definition) is 0. The third kappa shape index (κ3) is 4.77. The standard InChI is InChI=1S/C26H16N2O2.C3H8.C2H6.CH4/c1-3-13-27-21-11-7-5-9-17(21)25(29)19-16-24-20(15-23(19)27)26(30)18-10-6-8-12-22(18)28(24)14-4-2;1-3-2;1-2;/h1-2,5-12,15-16H,13-14H2;3H2,1-2H3;1-2H3;1H4. The van der Waals surface area contributed by atoms with Gasteiger partial charge in [-0.3, -0.25) is 9.59 Å². The third-order valence-electron chi connectivity index (χ3n) is 5.56. The summed E-state index contributed by atoms with van der Waals surface area (Å²) in [5, 5.41) is 2.20. The zero-order chi connectivity index (χ0) is 25.5. The van der Waals surface area contributed by atoms with Gasteiger partial charge in [0, 0.05) is 21.5 Å². The first-order chi connectivity index (χ1) is 17.1. The van der Waals surface area contributed by atoms with Crippen molar-refractivity contribution in [2.45, 2.75) is 54.6 Å². The number of benzene rings is 3. The van der Waals surface area contributed by atoms with Crippen LogP contribution < -0.4 is 10.9 Å². The van der Waals surface area contributed by atoms with Crippen molar-refractivity contribution < 1.29 is 0 Å². The van der Waals surface area contributed by atoms with E-state index in [1.54, 1.807) is 24.3 Å². The zero-order valence-corrected chi connectivity index (χ0v) is 20.8. The van der Waals surface area contributed by atoms with E-state index in [0.717, 1.165) is 11.0 Å². The summed E-state index contributed by atoms with van der Waals surface area (Å²) in [4.78, 5) is 26.6. The third-order valence-corrected chi connectivity index (χ3v) is 5.56. The maximum Gasteiger partial charge on any atom is 0.197 e. The van der Waals surface area contributed by atoms with Gasteiger partial charge in [0.05, 0.1) is 35.2 Å². The van der Waals surface area contributed by atoms with E-state index in [2.05, 4.69) is 25.7 Å². The number of hydrogen-bond acceptors (Lipinski definition) is 2. The lowest BCUT2D eigenvalue weighted by atomic mass is 10.0. The van der Waals surface area contributed by atoms with Crippen LogP contribution in [-0.2, 0) is 13.1 Å². The van der Waals surface area contributed by atoms with Crippen molar-refractivity contribution in [2.24, 2.45) is 0 Å². The van der Waals surface area contributed by atoms with Crippen LogP contribution >= 0.6 is 0 Å². The van der Waals surface area contributed by atoms with E-state index in [4.69, 9.17) is 12.8 Å². The van der Waals surface area contributed by atoms with Gasteiger partial charge in [-0.15, -0.1) is 12.8 Å². The minimum absolute atomic E-state index is 0. The number of fused-ring (bicyclic) bond motifs is 4. The van der Waals surface area contributed by atoms with Crippen LogP contribution in [0.15, 0.2) is 70.3 Å². The molecule has 0 fully saturated rings. The molecule has 0 atom stereocenters. The molecule has 5 rings (SSSR count). The van der Waals surface area contributed by atoms with E-state index in [1.807, 2.05) is 59.4 Å². The van der Waals surface area contributed by atoms with Crippen molar-refractivity contribution in [3.63, 3.8) is 0 Å². The molecule has 0 radical (unpaired) electrons. The van der Waals surface area contributed by atoms with Gasteiger partial charge in [0.25, 0.3) is 0 Å². The van der Waals surface area contributed by atoms with E-state index < -0.39 is 0 Å². The van der Waals surface area contributed by atoms with Crippen LogP contribution in [0.3, 0.4) is 0 Å². The molecule has 4 nitrogen and oxygen atoms in total. The molecule has 0 saturated heterocycles. The van der Waals surface area contributed by atoms with Crippen molar-refractivity contribution in [1.29, 1.82) is 0 Å². The summed E-state index contributed by atoms with van der Waals surface area (Å²) in [7, 11) is 0. The summed E-state index contributed by atoms with van der Waals surface area (Å²) in [5.74, 6) is 5.33. The quantitative estimate of drug-likeness (QED) is 0.203. The topological polar surface area (TPSA) is 44.0 Å². The highest BCUT2D eigenvalue weighted by molar-refractivity contribution is 6.03. The lowest BCUT2D eigenvalue weighted by molar-refractivity contribution is 0.909. The molecule has 0 aliphatic heterocycles. The van der Waals surface area contributed by atoms with Gasteiger partial charge in [-0.2, -0.15) is 0 Å². The number of nitrogens with zero attached hydrogens (tertiary/aromatic N) is 2. The fraction of sp³-hybridized carbons (Fsp3) is 0.250. The fourth-order valence-electron chi connectivity index (χ4n) is 4.26. The highest BCUT2D eigenvalue weighted by Gasteiger charge is 2.16. The average Bonchev–Trinajstić information content (AvgIpc) is 2.90. The largest absolute Gasteiger partial charge is 0.328 e. The molecule has 0 bridgehead atoms. The monoisotopic (exact) mass is 478 g/mol. The summed E-state index contributed by atoms with van der Waals surface area (Å²) in [6, 6.07) is 18.3. The lowest BCUT2D eigenvalue weighted by Gasteiger charge is -2.16. The minimum Gasteiger partial charge on any atom is -0.328 e. The average molecular weight is 479 g/mol. The highest BCUT2D eigenvalue weighted by atomic mass is 16.1. The Morgan fingerprint density at radius 2 is 0.972 bits per heavy atom. The maximum absolute atomic E-state index is 13.3. The van der Waals surface area contributed by atoms with Crippen LogP contribution in [0, 0.1) is 24.7 Å². The Hall–Kier alpha value is -4.28. The molecule has 2 heterocycles. The van der Waals surface area contributed by atoms with Crippen LogP contribution in [-0.4, -0.2) is 9.13 Å². The number of terminal acetylenes is 2. The highest BCUT2D eigenvalue weighted by Crippen LogP contribution is 2.26. The van der Waals surface area contributed by atoms with Crippen molar-refractivity contribution in [2.75, 3.05) is 0 Å². The molecular formula is C32H34N2O2. The van der Waals surface area contributed by atoms with Crippen molar-refractivity contribution in [3.05, 3.63) is 81.1 Å².